The number of nitrogens with one attached hydrogen (secondary N) is 2. The molecule has 0 aliphatic carbocycles. The van der Waals surface area contributed by atoms with E-state index in [4.69, 9.17) is 15.2 Å². The van der Waals surface area contributed by atoms with Crippen molar-refractivity contribution in [1.82, 2.24) is 0 Å². The zero-order valence-corrected chi connectivity index (χ0v) is 14.9. The van der Waals surface area contributed by atoms with Gasteiger partial charge in [0.25, 0.3) is 0 Å². The molecule has 7 nitrogen and oxygen atoms in total. The van der Waals surface area contributed by atoms with Crippen molar-refractivity contribution < 1.29 is 19.1 Å². The third kappa shape index (κ3) is 5.72. The van der Waals surface area contributed by atoms with Crippen LogP contribution in [0.3, 0.4) is 0 Å². The van der Waals surface area contributed by atoms with Crippen molar-refractivity contribution >= 4 is 23.2 Å². The van der Waals surface area contributed by atoms with Crippen molar-refractivity contribution in [3.8, 4) is 5.75 Å². The Morgan fingerprint density at radius 1 is 1.15 bits per heavy atom. The van der Waals surface area contributed by atoms with Gasteiger partial charge in [-0.2, -0.15) is 0 Å². The lowest BCUT2D eigenvalue weighted by molar-refractivity contribution is -0.114. The molecule has 1 saturated heterocycles. The maximum absolute atomic E-state index is 12.1. The van der Waals surface area contributed by atoms with Crippen LogP contribution in [0.25, 0.3) is 0 Å². The fourth-order valence-electron chi connectivity index (χ4n) is 2.77. The fourth-order valence-corrected chi connectivity index (χ4v) is 2.77. The third-order valence-electron chi connectivity index (χ3n) is 4.20. The highest BCUT2D eigenvalue weighted by atomic mass is 16.5. The largest absolute Gasteiger partial charge is 0.491 e. The van der Waals surface area contributed by atoms with Gasteiger partial charge in [-0.1, -0.05) is 6.07 Å². The highest BCUT2D eigenvalue weighted by Crippen LogP contribution is 2.18. The number of anilines is 2. The number of carbonyl (C=O) groups is 2. The van der Waals surface area contributed by atoms with Crippen LogP contribution < -0.4 is 21.1 Å². The summed E-state index contributed by atoms with van der Waals surface area (Å²) in [5.41, 5.74) is 6.96. The van der Waals surface area contributed by atoms with E-state index >= 15 is 0 Å². The molecule has 0 aromatic heterocycles. The summed E-state index contributed by atoms with van der Waals surface area (Å²) < 4.78 is 11.2. The topological polar surface area (TPSA) is 103 Å². The molecule has 4 N–H and O–H groups in total. The molecule has 1 aliphatic heterocycles. The Morgan fingerprint density at radius 3 is 2.67 bits per heavy atom. The number of hydrogen-bond acceptors (Lipinski definition) is 5. The van der Waals surface area contributed by atoms with Gasteiger partial charge in [0.2, 0.25) is 11.8 Å². The van der Waals surface area contributed by atoms with E-state index in [1.165, 1.54) is 0 Å². The van der Waals surface area contributed by atoms with Gasteiger partial charge in [-0.15, -0.1) is 0 Å². The Morgan fingerprint density at radius 2 is 1.96 bits per heavy atom. The predicted octanol–water partition coefficient (Wildman–Crippen LogP) is 2.39. The van der Waals surface area contributed by atoms with Crippen LogP contribution in [-0.2, 0) is 9.53 Å². The van der Waals surface area contributed by atoms with Crippen LogP contribution in [0.1, 0.15) is 23.2 Å². The van der Waals surface area contributed by atoms with Gasteiger partial charge in [0.1, 0.15) is 12.4 Å². The average Bonchev–Trinajstić information content (AvgIpc) is 3.20. The second kappa shape index (κ2) is 9.05. The van der Waals surface area contributed by atoms with Crippen LogP contribution in [-0.4, -0.2) is 37.7 Å². The normalized spacial score (nSPS) is 15.9. The maximum atomic E-state index is 12.1. The first-order chi connectivity index (χ1) is 13.1. The van der Waals surface area contributed by atoms with E-state index in [0.29, 0.717) is 23.5 Å². The second-order valence-corrected chi connectivity index (χ2v) is 6.32. The zero-order chi connectivity index (χ0) is 19.1. The van der Waals surface area contributed by atoms with Crippen LogP contribution >= 0.6 is 0 Å². The van der Waals surface area contributed by atoms with Gasteiger partial charge < -0.3 is 25.8 Å². The van der Waals surface area contributed by atoms with Crippen molar-refractivity contribution in [1.29, 1.82) is 0 Å². The summed E-state index contributed by atoms with van der Waals surface area (Å²) in [5, 5.41) is 5.77. The summed E-state index contributed by atoms with van der Waals surface area (Å²) in [6.45, 7) is 1.42. The Kier molecular flexibility index (Phi) is 6.27. The minimum Gasteiger partial charge on any atom is -0.491 e. The SMILES string of the molecule is NC(=O)c1cccc(NCC(=O)Nc2ccc(OCC3CCCO3)cc2)c1. The smallest absolute Gasteiger partial charge is 0.248 e. The number of rotatable bonds is 8. The van der Waals surface area contributed by atoms with Crippen LogP contribution in [0.15, 0.2) is 48.5 Å². The lowest BCUT2D eigenvalue weighted by Gasteiger charge is -2.12. The first-order valence-electron chi connectivity index (χ1n) is 8.88. The summed E-state index contributed by atoms with van der Waals surface area (Å²) in [6.07, 6.45) is 2.28. The molecule has 3 rings (SSSR count). The van der Waals surface area contributed by atoms with E-state index in [-0.39, 0.29) is 18.6 Å². The maximum Gasteiger partial charge on any atom is 0.248 e. The molecule has 1 unspecified atom stereocenters. The highest BCUT2D eigenvalue weighted by Gasteiger charge is 2.15. The number of benzene rings is 2. The lowest BCUT2D eigenvalue weighted by Crippen LogP contribution is -2.22. The first kappa shape index (κ1) is 18.7. The summed E-state index contributed by atoms with van der Waals surface area (Å²) in [4.78, 5) is 23.3. The Hall–Kier alpha value is -3.06. The van der Waals surface area contributed by atoms with Crippen LogP contribution in [0, 0.1) is 0 Å². The van der Waals surface area contributed by atoms with Gasteiger partial charge in [0, 0.05) is 23.5 Å². The highest BCUT2D eigenvalue weighted by molar-refractivity contribution is 5.95. The molecule has 1 aliphatic rings. The van der Waals surface area contributed by atoms with Crippen LogP contribution in [0.5, 0.6) is 5.75 Å². The summed E-state index contributed by atoms with van der Waals surface area (Å²) in [6, 6.07) is 13.9. The molecular weight excluding hydrogens is 346 g/mol. The number of carbonyl (C=O) groups excluding carboxylic acids is 2. The molecule has 2 amide bonds. The van der Waals surface area contributed by atoms with Gasteiger partial charge in [0.05, 0.1) is 12.6 Å². The van der Waals surface area contributed by atoms with Crippen molar-refractivity contribution in [3.63, 3.8) is 0 Å². The Bertz CT molecular complexity index is 786. The number of primary amides is 1. The molecular formula is C20H23N3O4. The van der Waals surface area contributed by atoms with E-state index < -0.39 is 5.91 Å². The van der Waals surface area contributed by atoms with E-state index in [1.807, 2.05) is 12.1 Å². The summed E-state index contributed by atoms with van der Waals surface area (Å²) in [7, 11) is 0. The number of hydrogen-bond donors (Lipinski definition) is 3. The molecule has 142 valence electrons. The molecule has 2 aromatic carbocycles. The van der Waals surface area contributed by atoms with E-state index in [9.17, 15) is 9.59 Å². The van der Waals surface area contributed by atoms with E-state index in [1.54, 1.807) is 36.4 Å². The predicted molar refractivity (Wildman–Crippen MR) is 103 cm³/mol. The van der Waals surface area contributed by atoms with Gasteiger partial charge in [0.15, 0.2) is 0 Å². The van der Waals surface area contributed by atoms with Gasteiger partial charge >= 0.3 is 0 Å². The Labute approximate surface area is 157 Å². The van der Waals surface area contributed by atoms with Gasteiger partial charge in [-0.25, -0.2) is 0 Å². The molecule has 1 fully saturated rings. The summed E-state index contributed by atoms with van der Waals surface area (Å²) in [5.74, 6) is 0.0299. The van der Waals surface area contributed by atoms with Crippen LogP contribution in [0.2, 0.25) is 0 Å². The quantitative estimate of drug-likeness (QED) is 0.663. The summed E-state index contributed by atoms with van der Waals surface area (Å²) >= 11 is 0. The number of ether oxygens (including phenoxy) is 2. The fraction of sp³-hybridized carbons (Fsp3) is 0.300. The second-order valence-electron chi connectivity index (χ2n) is 6.32. The molecule has 7 heteroatoms. The molecule has 2 aromatic rings. The monoisotopic (exact) mass is 369 g/mol. The third-order valence-corrected chi connectivity index (χ3v) is 4.20. The molecule has 0 bridgehead atoms. The minimum absolute atomic E-state index is 0.0689. The number of nitrogens with two attached hydrogens (primary N) is 1. The zero-order valence-electron chi connectivity index (χ0n) is 14.9. The number of amides is 2. The van der Waals surface area contributed by atoms with Crippen molar-refractivity contribution in [3.05, 3.63) is 54.1 Å². The van der Waals surface area contributed by atoms with E-state index in [2.05, 4.69) is 10.6 Å². The molecule has 1 heterocycles. The Balaban J connectivity index is 1.44. The average molecular weight is 369 g/mol. The van der Waals surface area contributed by atoms with Gasteiger partial charge in [-0.3, -0.25) is 9.59 Å². The van der Waals surface area contributed by atoms with E-state index in [0.717, 1.165) is 25.2 Å². The molecule has 27 heavy (non-hydrogen) atoms. The van der Waals surface area contributed by atoms with Crippen molar-refractivity contribution in [2.45, 2.75) is 18.9 Å². The molecule has 1 atom stereocenters. The van der Waals surface area contributed by atoms with Crippen molar-refractivity contribution in [2.24, 2.45) is 5.73 Å². The molecule has 0 radical (unpaired) electrons. The standard InChI is InChI=1S/C20H23N3O4/c21-20(25)14-3-1-4-16(11-14)22-12-19(24)23-15-6-8-17(9-7-15)27-13-18-5-2-10-26-18/h1,3-4,6-9,11,18,22H,2,5,10,12-13H2,(H2,21,25)(H,23,24). The lowest BCUT2D eigenvalue weighted by atomic mass is 10.2. The molecule has 0 saturated carbocycles. The minimum atomic E-state index is -0.509. The first-order valence-corrected chi connectivity index (χ1v) is 8.88. The van der Waals surface area contributed by atoms with Gasteiger partial charge in [-0.05, 0) is 55.3 Å². The molecule has 0 spiro atoms. The van der Waals surface area contributed by atoms with Crippen LogP contribution in [0.4, 0.5) is 11.4 Å². The van der Waals surface area contributed by atoms with Crippen molar-refractivity contribution in [2.75, 3.05) is 30.4 Å².